The summed E-state index contributed by atoms with van der Waals surface area (Å²) in [5, 5.41) is 3.58. The molecule has 2 rings (SSSR count). The van der Waals surface area contributed by atoms with E-state index in [9.17, 15) is 4.79 Å². The molecule has 18 heavy (non-hydrogen) atoms. The number of carbonyl (C=O) groups is 1. The quantitative estimate of drug-likeness (QED) is 0.707. The molecule has 0 saturated carbocycles. The van der Waals surface area contributed by atoms with Gasteiger partial charge >= 0.3 is 6.09 Å². The monoisotopic (exact) mass is 255 g/mol. The van der Waals surface area contributed by atoms with Gasteiger partial charge < -0.3 is 9.64 Å². The number of likely N-dealkylation sites (N-methyl/N-ethyl adjacent to an activating group) is 1. The lowest BCUT2D eigenvalue weighted by Gasteiger charge is -2.43. The third-order valence-electron chi connectivity index (χ3n) is 3.87. The summed E-state index contributed by atoms with van der Waals surface area (Å²) in [6.45, 7) is 9.39. The first-order valence-electron chi connectivity index (χ1n) is 6.77. The normalized spacial score (nSPS) is 24.6. The highest BCUT2D eigenvalue weighted by molar-refractivity contribution is 5.68. The summed E-state index contributed by atoms with van der Waals surface area (Å²) < 4.78 is 5.41. The van der Waals surface area contributed by atoms with E-state index in [-0.39, 0.29) is 11.8 Å². The van der Waals surface area contributed by atoms with E-state index < -0.39 is 5.60 Å². The molecule has 2 aliphatic rings. The van der Waals surface area contributed by atoms with Crippen LogP contribution in [0, 0.1) is 0 Å². The van der Waals surface area contributed by atoms with Crippen molar-refractivity contribution < 1.29 is 9.53 Å². The lowest BCUT2D eigenvalue weighted by Crippen LogP contribution is -2.58. The zero-order valence-corrected chi connectivity index (χ0v) is 12.0. The number of rotatable bonds is 0. The highest BCUT2D eigenvalue weighted by Gasteiger charge is 2.42. The fraction of sp³-hybridized carbons (Fsp3) is 0.923. The lowest BCUT2D eigenvalue weighted by molar-refractivity contribution is 0.00285. The zero-order chi connectivity index (χ0) is 13.4. The highest BCUT2D eigenvalue weighted by Crippen LogP contribution is 2.28. The highest BCUT2D eigenvalue weighted by atomic mass is 16.6. The Balaban J connectivity index is 1.89. The van der Waals surface area contributed by atoms with Crippen LogP contribution in [0.15, 0.2) is 0 Å². The number of ether oxygens (including phenoxy) is 1. The standard InChI is InChI=1S/C13H25N3O2/c1-12(2,3)18-11(17)16-8-5-13(6-9-16)14-7-10-15(13)4/h14H,5-10H2,1-4H3. The Kier molecular flexibility index (Phi) is 3.56. The van der Waals surface area contributed by atoms with Gasteiger partial charge in [0.05, 0.1) is 5.66 Å². The molecule has 0 unspecified atom stereocenters. The van der Waals surface area contributed by atoms with E-state index in [1.165, 1.54) is 0 Å². The first-order chi connectivity index (χ1) is 8.32. The number of hydrogen-bond acceptors (Lipinski definition) is 4. The van der Waals surface area contributed by atoms with Crippen LogP contribution in [-0.4, -0.2) is 60.4 Å². The number of nitrogens with one attached hydrogen (secondary N) is 1. The van der Waals surface area contributed by atoms with Gasteiger partial charge in [-0.15, -0.1) is 0 Å². The molecule has 104 valence electrons. The van der Waals surface area contributed by atoms with Crippen molar-refractivity contribution in [3.05, 3.63) is 0 Å². The summed E-state index contributed by atoms with van der Waals surface area (Å²) in [5.74, 6) is 0. The average molecular weight is 255 g/mol. The Morgan fingerprint density at radius 1 is 1.22 bits per heavy atom. The number of likely N-dealkylation sites (tertiary alicyclic amines) is 1. The predicted octanol–water partition coefficient (Wildman–Crippen LogP) is 1.25. The van der Waals surface area contributed by atoms with Crippen LogP contribution in [0.2, 0.25) is 0 Å². The number of piperidine rings is 1. The Bertz CT molecular complexity index is 317. The second kappa shape index (κ2) is 4.70. The topological polar surface area (TPSA) is 44.8 Å². The lowest BCUT2D eigenvalue weighted by atomic mass is 9.97. The molecule has 0 aromatic rings. The SMILES string of the molecule is CN1CCNC12CCN(C(=O)OC(C)(C)C)CC2. The molecule has 0 aromatic heterocycles. The van der Waals surface area contributed by atoms with Crippen molar-refractivity contribution in [2.75, 3.05) is 33.2 Å². The van der Waals surface area contributed by atoms with Crippen LogP contribution in [0.1, 0.15) is 33.6 Å². The van der Waals surface area contributed by atoms with Crippen LogP contribution >= 0.6 is 0 Å². The summed E-state index contributed by atoms with van der Waals surface area (Å²) >= 11 is 0. The summed E-state index contributed by atoms with van der Waals surface area (Å²) in [6.07, 6.45) is 1.77. The molecule has 5 heteroatoms. The summed E-state index contributed by atoms with van der Waals surface area (Å²) in [5.41, 5.74) is -0.298. The van der Waals surface area contributed by atoms with Crippen molar-refractivity contribution in [1.29, 1.82) is 0 Å². The molecule has 0 radical (unpaired) electrons. The molecule has 1 spiro atoms. The van der Waals surface area contributed by atoms with Crippen LogP contribution in [-0.2, 0) is 4.74 Å². The van der Waals surface area contributed by atoms with Gasteiger partial charge in [0.15, 0.2) is 0 Å². The van der Waals surface area contributed by atoms with Gasteiger partial charge in [0, 0.05) is 26.2 Å². The van der Waals surface area contributed by atoms with Gasteiger partial charge in [-0.2, -0.15) is 0 Å². The average Bonchev–Trinajstić information content (AvgIpc) is 2.59. The Labute approximate surface area is 109 Å². The fourth-order valence-electron chi connectivity index (χ4n) is 2.75. The molecule has 2 heterocycles. The minimum atomic E-state index is -0.408. The number of hydrogen-bond donors (Lipinski definition) is 1. The molecule has 0 aromatic carbocycles. The van der Waals surface area contributed by atoms with Crippen molar-refractivity contribution >= 4 is 6.09 Å². The first kappa shape index (κ1) is 13.6. The van der Waals surface area contributed by atoms with E-state index in [0.29, 0.717) is 0 Å². The smallest absolute Gasteiger partial charge is 0.410 e. The van der Waals surface area contributed by atoms with Gasteiger partial charge in [-0.3, -0.25) is 10.2 Å². The van der Waals surface area contributed by atoms with E-state index in [1.54, 1.807) is 0 Å². The summed E-state index contributed by atoms with van der Waals surface area (Å²) in [7, 11) is 2.16. The second-order valence-corrected chi connectivity index (χ2v) is 6.35. The van der Waals surface area contributed by atoms with Crippen LogP contribution in [0.4, 0.5) is 4.79 Å². The molecule has 0 bridgehead atoms. The van der Waals surface area contributed by atoms with E-state index in [0.717, 1.165) is 39.0 Å². The van der Waals surface area contributed by atoms with Crippen molar-refractivity contribution in [2.45, 2.75) is 44.9 Å². The minimum absolute atomic E-state index is 0.110. The van der Waals surface area contributed by atoms with Crippen LogP contribution in [0.5, 0.6) is 0 Å². The predicted molar refractivity (Wildman–Crippen MR) is 70.4 cm³/mol. The minimum Gasteiger partial charge on any atom is -0.444 e. The molecule has 0 atom stereocenters. The van der Waals surface area contributed by atoms with Gasteiger partial charge in [0.2, 0.25) is 0 Å². The maximum absolute atomic E-state index is 12.0. The number of amides is 1. The molecular weight excluding hydrogens is 230 g/mol. The second-order valence-electron chi connectivity index (χ2n) is 6.35. The molecule has 2 fully saturated rings. The zero-order valence-electron chi connectivity index (χ0n) is 12.0. The van der Waals surface area contributed by atoms with E-state index in [1.807, 2.05) is 25.7 Å². The molecule has 1 amide bonds. The first-order valence-corrected chi connectivity index (χ1v) is 6.77. The molecular formula is C13H25N3O2. The van der Waals surface area contributed by atoms with Gasteiger partial charge in [-0.25, -0.2) is 4.79 Å². The van der Waals surface area contributed by atoms with Crippen molar-refractivity contribution in [3.8, 4) is 0 Å². The Morgan fingerprint density at radius 3 is 2.28 bits per heavy atom. The van der Waals surface area contributed by atoms with E-state index in [4.69, 9.17) is 4.74 Å². The number of carbonyl (C=O) groups excluding carboxylic acids is 1. The Hall–Kier alpha value is -0.810. The third-order valence-corrected chi connectivity index (χ3v) is 3.87. The van der Waals surface area contributed by atoms with Crippen LogP contribution < -0.4 is 5.32 Å². The third kappa shape index (κ3) is 2.78. The number of nitrogens with zero attached hydrogens (tertiary/aromatic N) is 2. The van der Waals surface area contributed by atoms with Gasteiger partial charge in [-0.05, 0) is 40.7 Å². The van der Waals surface area contributed by atoms with Gasteiger partial charge in [0.1, 0.15) is 5.60 Å². The molecule has 5 nitrogen and oxygen atoms in total. The molecule has 2 saturated heterocycles. The summed E-state index contributed by atoms with van der Waals surface area (Å²) in [6, 6.07) is 0. The van der Waals surface area contributed by atoms with Crippen molar-refractivity contribution in [3.63, 3.8) is 0 Å². The van der Waals surface area contributed by atoms with Crippen molar-refractivity contribution in [1.82, 2.24) is 15.1 Å². The largest absolute Gasteiger partial charge is 0.444 e. The molecule has 1 N–H and O–H groups in total. The molecule has 2 aliphatic heterocycles. The maximum atomic E-state index is 12.0. The van der Waals surface area contributed by atoms with Crippen LogP contribution in [0.25, 0.3) is 0 Å². The van der Waals surface area contributed by atoms with E-state index in [2.05, 4.69) is 17.3 Å². The van der Waals surface area contributed by atoms with E-state index >= 15 is 0 Å². The van der Waals surface area contributed by atoms with Gasteiger partial charge in [0.25, 0.3) is 0 Å². The molecule has 0 aliphatic carbocycles. The summed E-state index contributed by atoms with van der Waals surface area (Å²) in [4.78, 5) is 16.2. The van der Waals surface area contributed by atoms with Crippen LogP contribution in [0.3, 0.4) is 0 Å². The van der Waals surface area contributed by atoms with Gasteiger partial charge in [-0.1, -0.05) is 0 Å². The van der Waals surface area contributed by atoms with Crippen molar-refractivity contribution in [2.24, 2.45) is 0 Å². The Morgan fingerprint density at radius 2 is 1.83 bits per heavy atom. The fourth-order valence-corrected chi connectivity index (χ4v) is 2.75. The maximum Gasteiger partial charge on any atom is 0.410 e.